The van der Waals surface area contributed by atoms with Crippen molar-refractivity contribution >= 4 is 17.6 Å². The van der Waals surface area contributed by atoms with E-state index in [0.717, 1.165) is 4.88 Å². The van der Waals surface area contributed by atoms with E-state index in [0.29, 0.717) is 29.7 Å². The highest BCUT2D eigenvalue weighted by Gasteiger charge is 2.14. The quantitative estimate of drug-likeness (QED) is 0.681. The molecule has 0 saturated heterocycles. The maximum atomic E-state index is 13.7. The van der Waals surface area contributed by atoms with Gasteiger partial charge in [-0.05, 0) is 17.5 Å². The Hall–Kier alpha value is -2.34. The highest BCUT2D eigenvalue weighted by Crippen LogP contribution is 2.17. The van der Waals surface area contributed by atoms with Gasteiger partial charge >= 0.3 is 0 Å². The minimum atomic E-state index is -0.289. The molecule has 0 radical (unpaired) electrons. The van der Waals surface area contributed by atoms with Crippen molar-refractivity contribution in [3.8, 4) is 0 Å². The number of aldehydes is 1. The van der Waals surface area contributed by atoms with Gasteiger partial charge in [-0.2, -0.15) is 0 Å². The molecule has 0 bridgehead atoms. The summed E-state index contributed by atoms with van der Waals surface area (Å²) < 4.78 is 15.3. The molecule has 106 valence electrons. The molecule has 0 aliphatic rings. The molecule has 3 rings (SSSR count). The summed E-state index contributed by atoms with van der Waals surface area (Å²) >= 11 is 1.60. The lowest BCUT2D eigenvalue weighted by molar-refractivity contribution is 0.111. The van der Waals surface area contributed by atoms with E-state index in [-0.39, 0.29) is 12.4 Å². The summed E-state index contributed by atoms with van der Waals surface area (Å²) in [6.07, 6.45) is 1.25. The van der Waals surface area contributed by atoms with Gasteiger partial charge in [-0.15, -0.1) is 16.4 Å². The number of halogens is 1. The Morgan fingerprint density at radius 3 is 2.81 bits per heavy atom. The third kappa shape index (κ3) is 2.90. The Balaban J connectivity index is 1.93. The fraction of sp³-hybridized carbons (Fsp3) is 0.133. The largest absolute Gasteiger partial charge is 0.296 e. The maximum Gasteiger partial charge on any atom is 0.172 e. The molecule has 1 aromatic carbocycles. The van der Waals surface area contributed by atoms with Crippen LogP contribution in [0.3, 0.4) is 0 Å². The SMILES string of the molecule is O=Cc1nnn(Cc2ccccc2F)c1Cc1cccs1. The van der Waals surface area contributed by atoms with Gasteiger partial charge in [-0.3, -0.25) is 4.79 Å². The first kappa shape index (κ1) is 13.6. The van der Waals surface area contributed by atoms with Gasteiger partial charge in [0.05, 0.1) is 12.2 Å². The minimum absolute atomic E-state index is 0.258. The first-order valence-corrected chi connectivity index (χ1v) is 7.29. The number of carbonyl (C=O) groups is 1. The van der Waals surface area contributed by atoms with Crippen LogP contribution in [0.1, 0.15) is 26.6 Å². The molecular weight excluding hydrogens is 289 g/mol. The molecule has 2 aromatic heterocycles. The Kier molecular flexibility index (Phi) is 3.87. The van der Waals surface area contributed by atoms with Gasteiger partial charge in [0, 0.05) is 16.9 Å². The summed E-state index contributed by atoms with van der Waals surface area (Å²) in [5.74, 6) is -0.289. The van der Waals surface area contributed by atoms with Crippen LogP contribution in [0.4, 0.5) is 4.39 Å². The number of thiophene rings is 1. The maximum absolute atomic E-state index is 13.7. The van der Waals surface area contributed by atoms with Crippen LogP contribution >= 0.6 is 11.3 Å². The molecule has 6 heteroatoms. The molecular formula is C15H12FN3OS. The predicted molar refractivity (Wildman–Crippen MR) is 78.0 cm³/mol. The van der Waals surface area contributed by atoms with E-state index in [1.165, 1.54) is 6.07 Å². The van der Waals surface area contributed by atoms with Crippen molar-refractivity contribution in [2.45, 2.75) is 13.0 Å². The summed E-state index contributed by atoms with van der Waals surface area (Å²) in [4.78, 5) is 12.2. The van der Waals surface area contributed by atoms with E-state index in [4.69, 9.17) is 0 Å². The Bertz CT molecular complexity index is 752. The van der Waals surface area contributed by atoms with Crippen LogP contribution in [-0.4, -0.2) is 21.3 Å². The van der Waals surface area contributed by atoms with Crippen LogP contribution in [0.5, 0.6) is 0 Å². The standard InChI is InChI=1S/C15H12FN3OS/c16-13-6-2-1-4-11(13)9-19-15(14(10-20)17-18-19)8-12-5-3-7-21-12/h1-7,10H,8-9H2. The highest BCUT2D eigenvalue weighted by atomic mass is 32.1. The lowest BCUT2D eigenvalue weighted by Crippen LogP contribution is -2.09. The van der Waals surface area contributed by atoms with Crippen LogP contribution in [0, 0.1) is 5.82 Å². The molecule has 3 aromatic rings. The number of hydrogen-bond acceptors (Lipinski definition) is 4. The molecule has 0 saturated carbocycles. The third-order valence-corrected chi connectivity index (χ3v) is 4.06. The topological polar surface area (TPSA) is 47.8 Å². The Labute approximate surface area is 124 Å². The number of nitrogens with zero attached hydrogens (tertiary/aromatic N) is 3. The second kappa shape index (κ2) is 5.97. The lowest BCUT2D eigenvalue weighted by atomic mass is 10.2. The van der Waals surface area contributed by atoms with Crippen molar-refractivity contribution in [2.24, 2.45) is 0 Å². The fourth-order valence-corrected chi connectivity index (χ4v) is 2.82. The predicted octanol–water partition coefficient (Wildman–Crippen LogP) is 2.93. The zero-order valence-electron chi connectivity index (χ0n) is 11.1. The third-order valence-electron chi connectivity index (χ3n) is 3.18. The molecule has 0 N–H and O–H groups in total. The van der Waals surface area contributed by atoms with E-state index in [1.807, 2.05) is 17.5 Å². The summed E-state index contributed by atoms with van der Waals surface area (Å²) in [5, 5.41) is 9.82. The second-order valence-electron chi connectivity index (χ2n) is 4.54. The van der Waals surface area contributed by atoms with E-state index >= 15 is 0 Å². The van der Waals surface area contributed by atoms with Crippen LogP contribution in [0.15, 0.2) is 41.8 Å². The zero-order valence-corrected chi connectivity index (χ0v) is 11.9. The first-order valence-electron chi connectivity index (χ1n) is 6.41. The lowest BCUT2D eigenvalue weighted by Gasteiger charge is -2.07. The molecule has 0 aliphatic heterocycles. The zero-order chi connectivity index (χ0) is 14.7. The average molecular weight is 301 g/mol. The molecule has 0 spiro atoms. The van der Waals surface area contributed by atoms with Crippen LogP contribution in [0.2, 0.25) is 0 Å². The van der Waals surface area contributed by atoms with Crippen molar-refractivity contribution in [3.05, 3.63) is 69.4 Å². The van der Waals surface area contributed by atoms with Gasteiger partial charge in [-0.25, -0.2) is 9.07 Å². The van der Waals surface area contributed by atoms with Gasteiger partial charge in [0.25, 0.3) is 0 Å². The summed E-state index contributed by atoms with van der Waals surface area (Å²) in [5.41, 5.74) is 1.53. The van der Waals surface area contributed by atoms with E-state index in [2.05, 4.69) is 10.3 Å². The normalized spacial score (nSPS) is 10.7. The van der Waals surface area contributed by atoms with Crippen molar-refractivity contribution in [1.82, 2.24) is 15.0 Å². The number of carbonyl (C=O) groups excluding carboxylic acids is 1. The monoisotopic (exact) mass is 301 g/mol. The van der Waals surface area contributed by atoms with Crippen LogP contribution in [-0.2, 0) is 13.0 Å². The summed E-state index contributed by atoms with van der Waals surface area (Å²) in [7, 11) is 0. The van der Waals surface area contributed by atoms with Gasteiger partial charge in [0.2, 0.25) is 0 Å². The Morgan fingerprint density at radius 1 is 1.24 bits per heavy atom. The summed E-state index contributed by atoms with van der Waals surface area (Å²) in [6.45, 7) is 0.258. The molecule has 2 heterocycles. The average Bonchev–Trinajstić information content (AvgIpc) is 3.13. The molecule has 21 heavy (non-hydrogen) atoms. The molecule has 0 fully saturated rings. The number of rotatable bonds is 5. The van der Waals surface area contributed by atoms with Crippen molar-refractivity contribution in [1.29, 1.82) is 0 Å². The van der Waals surface area contributed by atoms with Crippen molar-refractivity contribution in [3.63, 3.8) is 0 Å². The molecule has 0 atom stereocenters. The van der Waals surface area contributed by atoms with Crippen molar-refractivity contribution in [2.75, 3.05) is 0 Å². The molecule has 0 unspecified atom stereocenters. The van der Waals surface area contributed by atoms with Gasteiger partial charge in [0.1, 0.15) is 11.5 Å². The van der Waals surface area contributed by atoms with E-state index in [1.54, 1.807) is 34.2 Å². The molecule has 0 amide bonds. The van der Waals surface area contributed by atoms with Gasteiger partial charge in [0.15, 0.2) is 6.29 Å². The van der Waals surface area contributed by atoms with Crippen LogP contribution < -0.4 is 0 Å². The second-order valence-corrected chi connectivity index (χ2v) is 5.58. The smallest absolute Gasteiger partial charge is 0.172 e. The Morgan fingerprint density at radius 2 is 2.10 bits per heavy atom. The molecule has 4 nitrogen and oxygen atoms in total. The minimum Gasteiger partial charge on any atom is -0.296 e. The highest BCUT2D eigenvalue weighted by molar-refractivity contribution is 7.09. The first-order chi connectivity index (χ1) is 10.3. The van der Waals surface area contributed by atoms with Crippen molar-refractivity contribution < 1.29 is 9.18 Å². The van der Waals surface area contributed by atoms with E-state index < -0.39 is 0 Å². The fourth-order valence-electron chi connectivity index (χ4n) is 2.11. The number of benzene rings is 1. The summed E-state index contributed by atoms with van der Waals surface area (Å²) in [6, 6.07) is 10.5. The van der Waals surface area contributed by atoms with Gasteiger partial charge in [-0.1, -0.05) is 29.5 Å². The number of aromatic nitrogens is 3. The number of hydrogen-bond donors (Lipinski definition) is 0. The van der Waals surface area contributed by atoms with E-state index in [9.17, 15) is 9.18 Å². The molecule has 0 aliphatic carbocycles. The van der Waals surface area contributed by atoms with Crippen LogP contribution in [0.25, 0.3) is 0 Å². The van der Waals surface area contributed by atoms with Gasteiger partial charge < -0.3 is 0 Å².